The predicted octanol–water partition coefficient (Wildman–Crippen LogP) is -0.435. The van der Waals surface area contributed by atoms with Crippen molar-refractivity contribution >= 4 is 27.7 Å². The number of ether oxygens (including phenoxy) is 1. The van der Waals surface area contributed by atoms with E-state index >= 15 is 0 Å². The normalized spacial score (nSPS) is 19.3. The second kappa shape index (κ2) is 9.50. The van der Waals surface area contributed by atoms with Crippen molar-refractivity contribution in [2.24, 2.45) is 4.99 Å². The van der Waals surface area contributed by atoms with Crippen LogP contribution in [0, 0.1) is 0 Å². The Bertz CT molecular complexity index is 422. The molecule has 1 unspecified atom stereocenters. The van der Waals surface area contributed by atoms with Crippen molar-refractivity contribution < 1.29 is 13.2 Å². The first-order chi connectivity index (χ1) is 9.99. The molecule has 0 saturated carbocycles. The van der Waals surface area contributed by atoms with Crippen molar-refractivity contribution in [1.82, 2.24) is 14.9 Å². The highest BCUT2D eigenvalue weighted by Crippen LogP contribution is 2.12. The molecule has 0 aromatic rings. The third-order valence-electron chi connectivity index (χ3n) is 3.04. The molecule has 0 aromatic heterocycles. The summed E-state index contributed by atoms with van der Waals surface area (Å²) in [5.74, 6) is 2.43. The van der Waals surface area contributed by atoms with E-state index in [-0.39, 0.29) is 11.8 Å². The van der Waals surface area contributed by atoms with E-state index in [9.17, 15) is 8.42 Å². The number of guanidine groups is 1. The van der Waals surface area contributed by atoms with E-state index in [1.807, 2.05) is 6.92 Å². The molecule has 0 bridgehead atoms. The number of sulfonamides is 1. The Balaban J connectivity index is 2.36. The standard InChI is InChI=1S/C12H26N4O3S2/c1-11(10-19-3)15-12(13-2)14-4-9-21(17,18)16-5-7-20-8-6-16/h11H,4-10H2,1-3H3,(H2,13,14,15). The third kappa shape index (κ3) is 6.86. The highest BCUT2D eigenvalue weighted by atomic mass is 32.2. The number of rotatable bonds is 7. The van der Waals surface area contributed by atoms with Gasteiger partial charge in [0.25, 0.3) is 0 Å². The van der Waals surface area contributed by atoms with Gasteiger partial charge in [-0.15, -0.1) is 0 Å². The average Bonchev–Trinajstić information content (AvgIpc) is 2.47. The van der Waals surface area contributed by atoms with Crippen LogP contribution < -0.4 is 10.6 Å². The molecule has 0 aliphatic carbocycles. The van der Waals surface area contributed by atoms with Crippen LogP contribution in [0.5, 0.6) is 0 Å². The quantitative estimate of drug-likeness (QED) is 0.484. The summed E-state index contributed by atoms with van der Waals surface area (Å²) in [5.41, 5.74) is 0. The Kier molecular flexibility index (Phi) is 8.38. The highest BCUT2D eigenvalue weighted by Gasteiger charge is 2.23. The lowest BCUT2D eigenvalue weighted by Gasteiger charge is -2.25. The van der Waals surface area contributed by atoms with Crippen molar-refractivity contribution in [2.45, 2.75) is 13.0 Å². The monoisotopic (exact) mass is 338 g/mol. The minimum absolute atomic E-state index is 0.0804. The van der Waals surface area contributed by atoms with Crippen LogP contribution in [-0.4, -0.2) is 82.4 Å². The first kappa shape index (κ1) is 18.5. The van der Waals surface area contributed by atoms with Gasteiger partial charge in [-0.3, -0.25) is 4.99 Å². The topological polar surface area (TPSA) is 83.0 Å². The number of nitrogens with zero attached hydrogens (tertiary/aromatic N) is 2. The number of methoxy groups -OCH3 is 1. The molecule has 2 N–H and O–H groups in total. The second-order valence-electron chi connectivity index (χ2n) is 4.83. The fraction of sp³-hybridized carbons (Fsp3) is 0.917. The van der Waals surface area contributed by atoms with Gasteiger partial charge in [0.1, 0.15) is 0 Å². The van der Waals surface area contributed by atoms with Gasteiger partial charge >= 0.3 is 0 Å². The molecule has 1 aliphatic heterocycles. The highest BCUT2D eigenvalue weighted by molar-refractivity contribution is 7.99. The summed E-state index contributed by atoms with van der Waals surface area (Å²) in [6, 6.07) is 0.108. The molecule has 1 fully saturated rings. The van der Waals surface area contributed by atoms with Crippen LogP contribution in [0.25, 0.3) is 0 Å². The van der Waals surface area contributed by atoms with Crippen LogP contribution in [0.3, 0.4) is 0 Å². The van der Waals surface area contributed by atoms with Crippen molar-refractivity contribution in [3.63, 3.8) is 0 Å². The number of aliphatic imine (C=N–C) groups is 1. The number of thioether (sulfide) groups is 1. The van der Waals surface area contributed by atoms with Gasteiger partial charge in [-0.2, -0.15) is 11.8 Å². The van der Waals surface area contributed by atoms with Crippen LogP contribution in [0.4, 0.5) is 0 Å². The molecule has 1 atom stereocenters. The number of hydrogen-bond donors (Lipinski definition) is 2. The lowest BCUT2D eigenvalue weighted by atomic mass is 10.4. The number of hydrogen-bond acceptors (Lipinski definition) is 5. The van der Waals surface area contributed by atoms with Crippen LogP contribution >= 0.6 is 11.8 Å². The van der Waals surface area contributed by atoms with Gasteiger partial charge in [-0.1, -0.05) is 0 Å². The molecule has 21 heavy (non-hydrogen) atoms. The zero-order valence-corrected chi connectivity index (χ0v) is 14.6. The fourth-order valence-corrected chi connectivity index (χ4v) is 4.46. The van der Waals surface area contributed by atoms with Crippen LogP contribution in [0.2, 0.25) is 0 Å². The molecule has 0 spiro atoms. The van der Waals surface area contributed by atoms with E-state index < -0.39 is 10.0 Å². The Morgan fingerprint density at radius 2 is 2.10 bits per heavy atom. The van der Waals surface area contributed by atoms with E-state index in [1.54, 1.807) is 30.2 Å². The first-order valence-electron chi connectivity index (χ1n) is 7.01. The van der Waals surface area contributed by atoms with Gasteiger partial charge in [0, 0.05) is 51.3 Å². The van der Waals surface area contributed by atoms with E-state index in [1.165, 1.54) is 0 Å². The lowest BCUT2D eigenvalue weighted by molar-refractivity contribution is 0.179. The molecule has 1 heterocycles. The summed E-state index contributed by atoms with van der Waals surface area (Å²) in [5, 5.41) is 6.16. The molecule has 0 amide bonds. The van der Waals surface area contributed by atoms with E-state index in [0.29, 0.717) is 32.2 Å². The van der Waals surface area contributed by atoms with E-state index in [0.717, 1.165) is 11.5 Å². The van der Waals surface area contributed by atoms with E-state index in [4.69, 9.17) is 4.74 Å². The largest absolute Gasteiger partial charge is 0.383 e. The molecule has 1 saturated heterocycles. The Labute approximate surface area is 132 Å². The molecular formula is C12H26N4O3S2. The summed E-state index contributed by atoms with van der Waals surface area (Å²) >= 11 is 1.80. The molecule has 0 radical (unpaired) electrons. The third-order valence-corrected chi connectivity index (χ3v) is 5.85. The van der Waals surface area contributed by atoms with Crippen molar-refractivity contribution in [1.29, 1.82) is 0 Å². The molecule has 9 heteroatoms. The van der Waals surface area contributed by atoms with Gasteiger partial charge in [0.2, 0.25) is 10.0 Å². The van der Waals surface area contributed by atoms with Gasteiger partial charge in [-0.25, -0.2) is 12.7 Å². The lowest BCUT2D eigenvalue weighted by Crippen LogP contribution is -2.46. The zero-order chi connectivity index (χ0) is 15.7. The van der Waals surface area contributed by atoms with Crippen molar-refractivity contribution in [2.75, 3.05) is 57.7 Å². The van der Waals surface area contributed by atoms with Crippen LogP contribution in [0.15, 0.2) is 4.99 Å². The Hall–Kier alpha value is -0.510. The summed E-state index contributed by atoms with van der Waals surface area (Å²) < 4.78 is 31.0. The maximum absolute atomic E-state index is 12.2. The van der Waals surface area contributed by atoms with Crippen molar-refractivity contribution in [3.05, 3.63) is 0 Å². The van der Waals surface area contributed by atoms with Crippen molar-refractivity contribution in [3.8, 4) is 0 Å². The van der Waals surface area contributed by atoms with Gasteiger partial charge < -0.3 is 15.4 Å². The Morgan fingerprint density at radius 3 is 2.67 bits per heavy atom. The fourth-order valence-electron chi connectivity index (χ4n) is 1.97. The summed E-state index contributed by atoms with van der Waals surface area (Å²) in [7, 11) is 0.119. The smallest absolute Gasteiger partial charge is 0.215 e. The molecule has 7 nitrogen and oxygen atoms in total. The molecule has 1 aliphatic rings. The summed E-state index contributed by atoms with van der Waals surface area (Å²) in [6.45, 7) is 4.10. The SMILES string of the molecule is CN=C(NCCS(=O)(=O)N1CCSCC1)NC(C)COC. The first-order valence-corrected chi connectivity index (χ1v) is 9.77. The maximum Gasteiger partial charge on any atom is 0.215 e. The van der Waals surface area contributed by atoms with Crippen LogP contribution in [0.1, 0.15) is 6.92 Å². The summed E-state index contributed by atoms with van der Waals surface area (Å²) in [4.78, 5) is 4.07. The van der Waals surface area contributed by atoms with Gasteiger partial charge in [-0.05, 0) is 6.92 Å². The second-order valence-corrected chi connectivity index (χ2v) is 8.14. The zero-order valence-electron chi connectivity index (χ0n) is 13.0. The van der Waals surface area contributed by atoms with E-state index in [2.05, 4.69) is 15.6 Å². The molecule has 0 aromatic carbocycles. The maximum atomic E-state index is 12.2. The summed E-state index contributed by atoms with van der Waals surface area (Å²) in [6.07, 6.45) is 0. The predicted molar refractivity (Wildman–Crippen MR) is 88.5 cm³/mol. The molecule has 1 rings (SSSR count). The molecular weight excluding hydrogens is 312 g/mol. The number of nitrogens with one attached hydrogen (secondary N) is 2. The van der Waals surface area contributed by atoms with Gasteiger partial charge in [0.05, 0.1) is 12.4 Å². The Morgan fingerprint density at radius 1 is 1.43 bits per heavy atom. The average molecular weight is 338 g/mol. The van der Waals surface area contributed by atoms with Gasteiger partial charge in [0.15, 0.2) is 5.96 Å². The molecule has 124 valence electrons. The minimum atomic E-state index is -3.18. The minimum Gasteiger partial charge on any atom is -0.383 e. The van der Waals surface area contributed by atoms with Crippen LogP contribution in [-0.2, 0) is 14.8 Å².